The first-order valence-corrected chi connectivity index (χ1v) is 31.3. The van der Waals surface area contributed by atoms with Crippen molar-refractivity contribution in [2.75, 3.05) is 26.2 Å². The second kappa shape index (κ2) is 33.1. The molecule has 0 bridgehead atoms. The number of rotatable bonds is 33. The van der Waals surface area contributed by atoms with Crippen LogP contribution in [0.15, 0.2) is 103 Å². The number of nitrogens with two attached hydrogens (primary N) is 3. The van der Waals surface area contributed by atoms with Gasteiger partial charge in [-0.2, -0.15) is 0 Å². The number of aromatic hydroxyl groups is 1. The second-order valence-corrected chi connectivity index (χ2v) is 24.0. The Bertz CT molecular complexity index is 3750. The van der Waals surface area contributed by atoms with Crippen LogP contribution in [0.4, 0.5) is 0 Å². The molecule has 3 aromatic carbocycles. The van der Waals surface area contributed by atoms with Crippen LogP contribution in [0.2, 0.25) is 0 Å². The van der Waals surface area contributed by atoms with Crippen molar-refractivity contribution >= 4 is 92.7 Å². The third kappa shape index (κ3) is 19.6. The zero-order chi connectivity index (χ0) is 68.3. The van der Waals surface area contributed by atoms with Crippen molar-refractivity contribution in [3.63, 3.8) is 0 Å². The number of guanidine groups is 1. The molecular weight excluding hydrogens is 1230 g/mol. The van der Waals surface area contributed by atoms with Crippen LogP contribution in [-0.4, -0.2) is 187 Å². The lowest BCUT2D eigenvalue weighted by molar-refractivity contribution is -0.142. The zero-order valence-electron chi connectivity index (χ0n) is 52.6. The Labute approximate surface area is 545 Å². The van der Waals surface area contributed by atoms with Gasteiger partial charge in [0.2, 0.25) is 65.0 Å². The Hall–Kier alpha value is -10.8. The first-order valence-electron chi connectivity index (χ1n) is 31.3. The maximum atomic E-state index is 15.1. The summed E-state index contributed by atoms with van der Waals surface area (Å²) in [5, 5.41) is 46.5. The Kier molecular flexibility index (Phi) is 24.4. The van der Waals surface area contributed by atoms with Gasteiger partial charge in [0.1, 0.15) is 60.1 Å². The molecule has 2 fully saturated rings. The summed E-state index contributed by atoms with van der Waals surface area (Å²) in [5.41, 5.74) is 19.8. The lowest BCUT2D eigenvalue weighted by Gasteiger charge is -2.30. The number of hydrogen-bond donors (Lipinski definition) is 17. The van der Waals surface area contributed by atoms with Crippen molar-refractivity contribution in [2.24, 2.45) is 28.1 Å². The third-order valence-electron chi connectivity index (χ3n) is 16.4. The van der Waals surface area contributed by atoms with Gasteiger partial charge in [-0.25, -0.2) is 4.98 Å². The molecule has 506 valence electrons. The number of aliphatic hydroxyl groups is 1. The SMILES string of the molecule is CC(C)C[C@@H](NC(=O)[C@@H](Cc1c[nH]c2ccccc12)NC(=O)[C@H](Cc1ccc(O)cc1)NC(=O)[C@H](CO)NC(=O)[C@H](Cc1c[nH]c2ccccc12)NC(=O)[C@H](Cc1cnc[nH]1)NC(=O)[C@@H]1CCC(=O)N1)C(=O)N[C@@H](CCCN=C(N)N)C(=O)N1CCC[C@H]1C(=O)NCC(N)=O. The van der Waals surface area contributed by atoms with E-state index in [1.165, 1.54) is 41.7 Å². The number of para-hydroxylation sites is 2. The van der Waals surface area contributed by atoms with Crippen LogP contribution in [0.1, 0.15) is 81.2 Å². The zero-order valence-corrected chi connectivity index (χ0v) is 52.6. The van der Waals surface area contributed by atoms with Gasteiger partial charge in [0.15, 0.2) is 5.96 Å². The number of H-pyrrole nitrogens is 3. The van der Waals surface area contributed by atoms with Gasteiger partial charge in [0, 0.05) is 91.3 Å². The molecule has 3 aromatic heterocycles. The number of carbonyl (C=O) groups is 11. The van der Waals surface area contributed by atoms with Crippen LogP contribution in [0.25, 0.3) is 21.8 Å². The predicted octanol–water partition coefficient (Wildman–Crippen LogP) is -2.29. The molecule has 2 aliphatic rings. The molecule has 0 unspecified atom stereocenters. The highest BCUT2D eigenvalue weighted by Crippen LogP contribution is 2.24. The number of benzene rings is 3. The Balaban J connectivity index is 1.05. The van der Waals surface area contributed by atoms with Crippen molar-refractivity contribution in [1.82, 2.24) is 72.7 Å². The average Bonchev–Trinajstić information content (AvgIpc) is 1.81. The minimum absolute atomic E-state index is 0.00905. The molecule has 0 radical (unpaired) electrons. The number of primary amides is 1. The van der Waals surface area contributed by atoms with E-state index in [9.17, 15) is 53.4 Å². The fourth-order valence-corrected chi connectivity index (χ4v) is 11.5. The molecule has 2 aliphatic heterocycles. The summed E-state index contributed by atoms with van der Waals surface area (Å²) in [6.45, 7) is 2.33. The summed E-state index contributed by atoms with van der Waals surface area (Å²) in [4.78, 5) is 172. The van der Waals surface area contributed by atoms with Crippen LogP contribution in [0.3, 0.4) is 0 Å². The Morgan fingerprint density at radius 1 is 0.642 bits per heavy atom. The summed E-state index contributed by atoms with van der Waals surface area (Å²) < 4.78 is 0. The molecule has 0 spiro atoms. The molecular formula is C64H82N18O13. The van der Waals surface area contributed by atoms with Gasteiger partial charge < -0.3 is 95.1 Å². The quantitative estimate of drug-likeness (QED) is 0.0117. The maximum absolute atomic E-state index is 15.1. The fourth-order valence-electron chi connectivity index (χ4n) is 11.5. The molecule has 9 atom stereocenters. The van der Waals surface area contributed by atoms with E-state index >= 15 is 9.59 Å². The molecule has 8 rings (SSSR count). The number of imidazole rings is 1. The van der Waals surface area contributed by atoms with Gasteiger partial charge in [0.05, 0.1) is 19.5 Å². The molecule has 2 saturated heterocycles. The third-order valence-corrected chi connectivity index (χ3v) is 16.4. The van der Waals surface area contributed by atoms with Crippen molar-refractivity contribution in [2.45, 2.75) is 139 Å². The normalized spacial score (nSPS) is 16.6. The van der Waals surface area contributed by atoms with Crippen molar-refractivity contribution in [3.05, 3.63) is 120 Å². The summed E-state index contributed by atoms with van der Waals surface area (Å²) in [5.74, 6) is -9.04. The van der Waals surface area contributed by atoms with Crippen LogP contribution < -0.4 is 65.1 Å². The predicted molar refractivity (Wildman–Crippen MR) is 346 cm³/mol. The van der Waals surface area contributed by atoms with E-state index in [1.54, 1.807) is 74.8 Å². The number of aromatic amines is 3. The number of phenolic OH excluding ortho intramolecular Hbond substituents is 1. The van der Waals surface area contributed by atoms with Crippen LogP contribution in [0.5, 0.6) is 5.75 Å². The van der Waals surface area contributed by atoms with Gasteiger partial charge >= 0.3 is 0 Å². The van der Waals surface area contributed by atoms with Crippen LogP contribution >= 0.6 is 0 Å². The summed E-state index contributed by atoms with van der Waals surface area (Å²) in [7, 11) is 0. The number of phenols is 1. The molecule has 20 N–H and O–H groups in total. The van der Waals surface area contributed by atoms with E-state index < -0.39 is 127 Å². The molecule has 0 aliphatic carbocycles. The molecule has 6 aromatic rings. The van der Waals surface area contributed by atoms with E-state index in [2.05, 4.69) is 72.8 Å². The number of carbonyl (C=O) groups excluding carboxylic acids is 11. The Morgan fingerprint density at radius 2 is 1.18 bits per heavy atom. The van der Waals surface area contributed by atoms with Crippen molar-refractivity contribution in [3.8, 4) is 5.75 Å². The number of aromatic nitrogens is 4. The van der Waals surface area contributed by atoms with Crippen molar-refractivity contribution < 1.29 is 63.0 Å². The standard InChI is InChI=1S/C64H82N18O13/c1-34(2)23-46(56(88)75-45(13-7-21-69-64(66)67)63(95)82-22-8-14-52(82)62(94)72-31-53(65)85)76-58(90)48(25-36-28-70-42-11-5-3-9-40(36)42)78-57(89)47(24-35-15-17-39(84)18-16-35)77-61(93)51(32-83)81-59(91)49(26-37-29-71-43-12-6-4-10-41(37)43)79-60(92)50(27-38-30-68-33-73-38)80-55(87)44-19-20-54(86)74-44/h3-6,9-12,15-18,28-30,33-34,44-52,70-71,83-84H,7-8,13-14,19-27,31-32H2,1-2H3,(H2,65,85)(H,68,73)(H,72,94)(H,74,86)(H,75,88)(H,76,90)(H,77,93)(H,78,89)(H,79,92)(H,80,87)(H,81,91)(H4,66,67,69)/t44-,45-,46+,47-,48+,49-,50-,51-,52-/m0/s1. The summed E-state index contributed by atoms with van der Waals surface area (Å²) in [6.07, 6.45) is 6.51. The highest BCUT2D eigenvalue weighted by atomic mass is 16.3. The Morgan fingerprint density at radius 3 is 1.72 bits per heavy atom. The van der Waals surface area contributed by atoms with E-state index in [0.717, 1.165) is 0 Å². The number of fused-ring (bicyclic) bond motifs is 2. The van der Waals surface area contributed by atoms with E-state index in [1.807, 2.05) is 0 Å². The van der Waals surface area contributed by atoms with Crippen LogP contribution in [0, 0.1) is 5.92 Å². The van der Waals surface area contributed by atoms with Gasteiger partial charge in [-0.1, -0.05) is 62.4 Å². The topological polar surface area (TPSA) is 490 Å². The fraction of sp³-hybridized carbons (Fsp3) is 0.422. The molecule has 31 nitrogen and oxygen atoms in total. The lowest BCUT2D eigenvalue weighted by atomic mass is 9.99. The minimum Gasteiger partial charge on any atom is -0.508 e. The molecule has 31 heteroatoms. The highest BCUT2D eigenvalue weighted by Gasteiger charge is 2.40. The summed E-state index contributed by atoms with van der Waals surface area (Å²) >= 11 is 0. The number of likely N-dealkylation sites (tertiary alicyclic amines) is 1. The van der Waals surface area contributed by atoms with Crippen LogP contribution in [-0.2, 0) is 78.4 Å². The number of nitrogens with zero attached hydrogens (tertiary/aromatic N) is 3. The van der Waals surface area contributed by atoms with Gasteiger partial charge in [-0.3, -0.25) is 57.7 Å². The van der Waals surface area contributed by atoms with Gasteiger partial charge in [0.25, 0.3) is 0 Å². The smallest absolute Gasteiger partial charge is 0.245 e. The van der Waals surface area contributed by atoms with E-state index in [-0.39, 0.29) is 101 Å². The van der Waals surface area contributed by atoms with Gasteiger partial charge in [-0.15, -0.1) is 0 Å². The second-order valence-electron chi connectivity index (χ2n) is 24.0. The number of hydrogen-bond acceptors (Lipinski definition) is 15. The van der Waals surface area contributed by atoms with E-state index in [4.69, 9.17) is 17.2 Å². The highest BCUT2D eigenvalue weighted by molar-refractivity contribution is 6.00. The molecule has 0 saturated carbocycles. The maximum Gasteiger partial charge on any atom is 0.245 e. The minimum atomic E-state index is -1.80. The number of amides is 11. The largest absolute Gasteiger partial charge is 0.508 e. The molecule has 5 heterocycles. The molecule has 11 amide bonds. The first kappa shape index (κ1) is 70.0. The van der Waals surface area contributed by atoms with Crippen molar-refractivity contribution in [1.29, 1.82) is 0 Å². The molecule has 95 heavy (non-hydrogen) atoms. The summed E-state index contributed by atoms with van der Waals surface area (Å²) in [6, 6.07) is 7.78. The van der Waals surface area contributed by atoms with Gasteiger partial charge in [-0.05, 0) is 85.4 Å². The monoisotopic (exact) mass is 1310 g/mol. The number of aliphatic hydroxyl groups excluding tert-OH is 1. The number of aliphatic imine (C=N–C) groups is 1. The number of nitrogens with one attached hydrogen (secondary N) is 12. The van der Waals surface area contributed by atoms with E-state index in [0.29, 0.717) is 50.6 Å². The first-order chi connectivity index (χ1) is 45.5. The average molecular weight is 1310 g/mol. The lowest BCUT2D eigenvalue weighted by Crippen LogP contribution is -2.61.